The Labute approximate surface area is 164 Å². The van der Waals surface area contributed by atoms with Crippen LogP contribution in [0.4, 0.5) is 5.00 Å². The number of H-pyrrole nitrogens is 1. The van der Waals surface area contributed by atoms with Gasteiger partial charge in [-0.05, 0) is 43.4 Å². The molecule has 140 valence electrons. The fourth-order valence-electron chi connectivity index (χ4n) is 3.27. The number of thiophene rings is 1. The number of nitrogens with one attached hydrogen (secondary N) is 2. The third-order valence-electron chi connectivity index (χ3n) is 4.52. The maximum absolute atomic E-state index is 12.5. The van der Waals surface area contributed by atoms with Crippen LogP contribution in [0.3, 0.4) is 0 Å². The summed E-state index contributed by atoms with van der Waals surface area (Å²) >= 11 is 2.83. The Bertz CT molecular complexity index is 976. The maximum atomic E-state index is 12.5. The molecule has 0 aliphatic heterocycles. The van der Waals surface area contributed by atoms with Gasteiger partial charge in [-0.15, -0.1) is 11.3 Å². The SMILES string of the molecule is COC(=O)c1c(NC(=O)CSc2nc3ccccc3[nH]2)sc2c1CCCC2. The van der Waals surface area contributed by atoms with Crippen molar-refractivity contribution in [3.63, 3.8) is 0 Å². The molecule has 0 unspecified atom stereocenters. The maximum Gasteiger partial charge on any atom is 0.341 e. The molecule has 2 aromatic heterocycles. The largest absolute Gasteiger partial charge is 0.465 e. The number of hydrogen-bond donors (Lipinski definition) is 2. The van der Waals surface area contributed by atoms with Crippen LogP contribution in [0.25, 0.3) is 11.0 Å². The van der Waals surface area contributed by atoms with E-state index in [0.29, 0.717) is 15.7 Å². The van der Waals surface area contributed by atoms with Crippen LogP contribution in [0.5, 0.6) is 0 Å². The standard InChI is InChI=1S/C19H19N3O3S2/c1-25-18(24)16-11-6-2-5-9-14(11)27-17(16)22-15(23)10-26-19-20-12-7-3-4-8-13(12)21-19/h3-4,7-8H,2,5-6,9-10H2,1H3,(H,20,21)(H,22,23). The first-order chi connectivity index (χ1) is 13.2. The number of carbonyl (C=O) groups excluding carboxylic acids is 2. The van der Waals surface area contributed by atoms with Gasteiger partial charge in [-0.3, -0.25) is 4.79 Å². The number of imidazole rings is 1. The molecule has 8 heteroatoms. The van der Waals surface area contributed by atoms with Crippen molar-refractivity contribution in [3.05, 3.63) is 40.3 Å². The van der Waals surface area contributed by atoms with E-state index in [4.69, 9.17) is 4.74 Å². The van der Waals surface area contributed by atoms with Gasteiger partial charge >= 0.3 is 5.97 Å². The number of nitrogens with zero attached hydrogens (tertiary/aromatic N) is 1. The number of anilines is 1. The van der Waals surface area contributed by atoms with E-state index in [0.717, 1.165) is 42.3 Å². The van der Waals surface area contributed by atoms with Crippen LogP contribution in [0.15, 0.2) is 29.4 Å². The normalized spacial score (nSPS) is 13.4. The number of ether oxygens (including phenoxy) is 1. The summed E-state index contributed by atoms with van der Waals surface area (Å²) in [7, 11) is 1.37. The van der Waals surface area contributed by atoms with E-state index in [1.165, 1.54) is 35.1 Å². The Kier molecular flexibility index (Phi) is 5.18. The molecule has 1 aliphatic carbocycles. The van der Waals surface area contributed by atoms with Crippen LogP contribution >= 0.6 is 23.1 Å². The molecule has 0 atom stereocenters. The number of hydrogen-bond acceptors (Lipinski definition) is 6. The first-order valence-corrected chi connectivity index (χ1v) is 10.6. The molecule has 0 radical (unpaired) electrons. The Morgan fingerprint density at radius 2 is 2.11 bits per heavy atom. The number of esters is 1. The summed E-state index contributed by atoms with van der Waals surface area (Å²) in [5, 5.41) is 4.20. The summed E-state index contributed by atoms with van der Waals surface area (Å²) < 4.78 is 4.94. The molecule has 1 aromatic carbocycles. The van der Waals surface area contributed by atoms with E-state index < -0.39 is 0 Å². The van der Waals surface area contributed by atoms with Crippen molar-refractivity contribution in [1.29, 1.82) is 0 Å². The molecule has 1 amide bonds. The molecule has 0 spiro atoms. The third kappa shape index (κ3) is 3.72. The van der Waals surface area contributed by atoms with Crippen molar-refractivity contribution in [2.24, 2.45) is 0 Å². The average molecular weight is 402 g/mol. The Balaban J connectivity index is 1.47. The molecule has 3 aromatic rings. The molecular weight excluding hydrogens is 382 g/mol. The van der Waals surface area contributed by atoms with Gasteiger partial charge in [-0.2, -0.15) is 0 Å². The molecular formula is C19H19N3O3S2. The summed E-state index contributed by atoms with van der Waals surface area (Å²) in [5.41, 5.74) is 3.39. The number of rotatable bonds is 5. The summed E-state index contributed by atoms with van der Waals surface area (Å²) in [4.78, 5) is 33.5. The lowest BCUT2D eigenvalue weighted by Gasteiger charge is -2.11. The third-order valence-corrected chi connectivity index (χ3v) is 6.60. The highest BCUT2D eigenvalue weighted by Crippen LogP contribution is 2.38. The lowest BCUT2D eigenvalue weighted by molar-refractivity contribution is -0.113. The van der Waals surface area contributed by atoms with E-state index in [1.807, 2.05) is 24.3 Å². The zero-order chi connectivity index (χ0) is 18.8. The van der Waals surface area contributed by atoms with Crippen LogP contribution in [0.1, 0.15) is 33.6 Å². The molecule has 2 N–H and O–H groups in total. The first-order valence-electron chi connectivity index (χ1n) is 8.76. The summed E-state index contributed by atoms with van der Waals surface area (Å²) in [6.07, 6.45) is 3.99. The van der Waals surface area contributed by atoms with E-state index in [2.05, 4.69) is 15.3 Å². The van der Waals surface area contributed by atoms with Crippen LogP contribution in [0, 0.1) is 0 Å². The Hall–Kier alpha value is -2.32. The van der Waals surface area contributed by atoms with Gasteiger partial charge < -0.3 is 15.0 Å². The number of benzene rings is 1. The van der Waals surface area contributed by atoms with Crippen molar-refractivity contribution < 1.29 is 14.3 Å². The van der Waals surface area contributed by atoms with E-state index in [-0.39, 0.29) is 17.6 Å². The van der Waals surface area contributed by atoms with Gasteiger partial charge in [-0.1, -0.05) is 23.9 Å². The monoisotopic (exact) mass is 401 g/mol. The second-order valence-corrected chi connectivity index (χ2v) is 8.37. The van der Waals surface area contributed by atoms with Crippen molar-refractivity contribution in [2.75, 3.05) is 18.2 Å². The molecule has 0 bridgehead atoms. The number of methoxy groups -OCH3 is 1. The fraction of sp³-hybridized carbons (Fsp3) is 0.316. The molecule has 0 fully saturated rings. The minimum Gasteiger partial charge on any atom is -0.465 e. The number of aromatic nitrogens is 2. The van der Waals surface area contributed by atoms with E-state index in [9.17, 15) is 9.59 Å². The minimum atomic E-state index is -0.380. The summed E-state index contributed by atoms with van der Waals surface area (Å²) in [5.74, 6) is -0.331. The first kappa shape index (κ1) is 18.1. The number of aromatic amines is 1. The van der Waals surface area contributed by atoms with Gasteiger partial charge in [0.25, 0.3) is 0 Å². The van der Waals surface area contributed by atoms with E-state index >= 15 is 0 Å². The molecule has 0 saturated carbocycles. The van der Waals surface area contributed by atoms with Gasteiger partial charge in [0, 0.05) is 4.88 Å². The Morgan fingerprint density at radius 3 is 2.93 bits per heavy atom. The van der Waals surface area contributed by atoms with Crippen molar-refractivity contribution in [1.82, 2.24) is 9.97 Å². The zero-order valence-corrected chi connectivity index (χ0v) is 16.5. The van der Waals surface area contributed by atoms with E-state index in [1.54, 1.807) is 0 Å². The van der Waals surface area contributed by atoms with Crippen molar-refractivity contribution in [3.8, 4) is 0 Å². The topological polar surface area (TPSA) is 84.1 Å². The molecule has 6 nitrogen and oxygen atoms in total. The lowest BCUT2D eigenvalue weighted by Crippen LogP contribution is -2.16. The van der Waals surface area contributed by atoms with Crippen LogP contribution in [-0.2, 0) is 22.4 Å². The highest BCUT2D eigenvalue weighted by molar-refractivity contribution is 7.99. The molecule has 1 aliphatic rings. The van der Waals surface area contributed by atoms with Gasteiger partial charge in [0.2, 0.25) is 5.91 Å². The molecule has 4 rings (SSSR count). The number of para-hydroxylation sites is 2. The van der Waals surface area contributed by atoms with Crippen molar-refractivity contribution in [2.45, 2.75) is 30.8 Å². The summed E-state index contributed by atoms with van der Waals surface area (Å²) in [6.45, 7) is 0. The van der Waals surface area contributed by atoms with Gasteiger partial charge in [0.1, 0.15) is 5.00 Å². The molecule has 2 heterocycles. The highest BCUT2D eigenvalue weighted by Gasteiger charge is 2.26. The number of amides is 1. The molecule has 27 heavy (non-hydrogen) atoms. The Morgan fingerprint density at radius 1 is 1.30 bits per heavy atom. The van der Waals surface area contributed by atoms with Crippen LogP contribution in [-0.4, -0.2) is 34.7 Å². The second kappa shape index (κ2) is 7.74. The minimum absolute atomic E-state index is 0.163. The van der Waals surface area contributed by atoms with Gasteiger partial charge in [0.15, 0.2) is 5.16 Å². The number of fused-ring (bicyclic) bond motifs is 2. The van der Waals surface area contributed by atoms with Crippen LogP contribution < -0.4 is 5.32 Å². The quantitative estimate of drug-likeness (QED) is 0.498. The highest BCUT2D eigenvalue weighted by atomic mass is 32.2. The van der Waals surface area contributed by atoms with Gasteiger partial charge in [-0.25, -0.2) is 9.78 Å². The summed E-state index contributed by atoms with van der Waals surface area (Å²) in [6, 6.07) is 7.74. The smallest absolute Gasteiger partial charge is 0.341 e. The second-order valence-electron chi connectivity index (χ2n) is 6.30. The zero-order valence-electron chi connectivity index (χ0n) is 14.8. The predicted molar refractivity (Wildman–Crippen MR) is 108 cm³/mol. The fourth-order valence-corrected chi connectivity index (χ4v) is 5.24. The molecule has 0 saturated heterocycles. The van der Waals surface area contributed by atoms with Crippen LogP contribution in [0.2, 0.25) is 0 Å². The number of carbonyl (C=O) groups is 2. The van der Waals surface area contributed by atoms with Gasteiger partial charge in [0.05, 0.1) is 29.5 Å². The lowest BCUT2D eigenvalue weighted by atomic mass is 9.95. The van der Waals surface area contributed by atoms with Crippen molar-refractivity contribution >= 4 is 51.0 Å². The predicted octanol–water partition coefficient (Wildman–Crippen LogP) is 4.02. The number of aryl methyl sites for hydroxylation is 1. The average Bonchev–Trinajstić information content (AvgIpc) is 3.26. The number of thioether (sulfide) groups is 1.